The maximum Gasteiger partial charge on any atom is 0.308 e. The van der Waals surface area contributed by atoms with E-state index in [4.69, 9.17) is 21.7 Å². The van der Waals surface area contributed by atoms with Crippen LogP contribution < -0.4 is 10.6 Å². The molecule has 9 heteroatoms. The molecule has 0 aliphatic carbocycles. The Morgan fingerprint density at radius 1 is 1.24 bits per heavy atom. The molecule has 8 nitrogen and oxygen atoms in total. The van der Waals surface area contributed by atoms with E-state index in [2.05, 4.69) is 10.6 Å². The second-order valence-corrected chi connectivity index (χ2v) is 8.61. The number of nitrogens with zero attached hydrogens (tertiary/aromatic N) is 1. The van der Waals surface area contributed by atoms with Crippen LogP contribution >= 0.6 is 12.2 Å². The third kappa shape index (κ3) is 5.98. The Balaban J connectivity index is 1.35. The van der Waals surface area contributed by atoms with Crippen LogP contribution in [0.3, 0.4) is 0 Å². The van der Waals surface area contributed by atoms with Gasteiger partial charge in [0.2, 0.25) is 11.8 Å². The van der Waals surface area contributed by atoms with E-state index in [0.717, 1.165) is 29.2 Å². The van der Waals surface area contributed by atoms with E-state index in [1.807, 2.05) is 42.5 Å². The van der Waals surface area contributed by atoms with Crippen molar-refractivity contribution in [2.45, 2.75) is 31.4 Å². The van der Waals surface area contributed by atoms with Crippen LogP contribution in [0.15, 0.2) is 48.5 Å². The molecule has 0 unspecified atom stereocenters. The van der Waals surface area contributed by atoms with Crippen LogP contribution in [-0.2, 0) is 23.9 Å². The minimum Gasteiger partial charge on any atom is -0.463 e. The van der Waals surface area contributed by atoms with Gasteiger partial charge in [0.25, 0.3) is 0 Å². The average molecular weight is 482 g/mol. The molecule has 34 heavy (non-hydrogen) atoms. The molecule has 2 aliphatic heterocycles. The van der Waals surface area contributed by atoms with E-state index < -0.39 is 17.9 Å². The molecule has 2 heterocycles. The van der Waals surface area contributed by atoms with Gasteiger partial charge >= 0.3 is 5.97 Å². The highest BCUT2D eigenvalue weighted by atomic mass is 32.1. The number of rotatable bonds is 6. The van der Waals surface area contributed by atoms with E-state index in [1.165, 1.54) is 6.08 Å². The van der Waals surface area contributed by atoms with Crippen LogP contribution in [0, 0.1) is 0 Å². The molecular formula is C25H27N3O5S. The van der Waals surface area contributed by atoms with Gasteiger partial charge in [-0.05, 0) is 47.5 Å². The molecular weight excluding hydrogens is 454 g/mol. The highest BCUT2D eigenvalue weighted by Gasteiger charge is 2.34. The van der Waals surface area contributed by atoms with E-state index in [0.29, 0.717) is 19.7 Å². The summed E-state index contributed by atoms with van der Waals surface area (Å²) in [5, 5.41) is 7.59. The van der Waals surface area contributed by atoms with Crippen molar-refractivity contribution in [3.05, 3.63) is 54.1 Å². The van der Waals surface area contributed by atoms with E-state index in [-0.39, 0.29) is 30.2 Å². The summed E-state index contributed by atoms with van der Waals surface area (Å²) in [5.74, 6) is -1.25. The van der Waals surface area contributed by atoms with Crippen molar-refractivity contribution >= 4 is 52.0 Å². The monoisotopic (exact) mass is 481 g/mol. The Bertz CT molecular complexity index is 1110. The lowest BCUT2D eigenvalue weighted by Gasteiger charge is -2.36. The van der Waals surface area contributed by atoms with Gasteiger partial charge in [-0.2, -0.15) is 0 Å². The fourth-order valence-electron chi connectivity index (χ4n) is 4.12. The molecule has 2 N–H and O–H groups in total. The van der Waals surface area contributed by atoms with Crippen molar-refractivity contribution < 1.29 is 23.9 Å². The number of carbonyl (C=O) groups excluding carboxylic acids is 3. The normalized spacial score (nSPS) is 20.4. The molecule has 2 aromatic carbocycles. The summed E-state index contributed by atoms with van der Waals surface area (Å²) in [6.45, 7) is 1.58. The molecule has 0 aromatic heterocycles. The lowest BCUT2D eigenvalue weighted by molar-refractivity contribution is -0.150. The zero-order valence-corrected chi connectivity index (χ0v) is 19.5. The minimum atomic E-state index is -0.847. The van der Waals surface area contributed by atoms with Crippen molar-refractivity contribution in [3.8, 4) is 0 Å². The van der Waals surface area contributed by atoms with Gasteiger partial charge in [0.1, 0.15) is 12.6 Å². The van der Waals surface area contributed by atoms with Gasteiger partial charge in [-0.1, -0.05) is 42.5 Å². The molecule has 2 amide bonds. The number of thiocarbonyl (C=S) groups is 1. The topological polar surface area (TPSA) is 97.0 Å². The Morgan fingerprint density at radius 3 is 2.88 bits per heavy atom. The van der Waals surface area contributed by atoms with Gasteiger partial charge in [0.05, 0.1) is 12.5 Å². The number of fused-ring (bicyclic) bond motifs is 1. The Hall–Kier alpha value is -3.30. The number of hydrogen-bond acceptors (Lipinski definition) is 6. The second-order valence-electron chi connectivity index (χ2n) is 8.22. The number of piperazine rings is 1. The fourth-order valence-corrected chi connectivity index (χ4v) is 4.44. The summed E-state index contributed by atoms with van der Waals surface area (Å²) in [6.07, 6.45) is 4.68. The van der Waals surface area contributed by atoms with Gasteiger partial charge < -0.3 is 19.7 Å². The Labute approximate surface area is 203 Å². The van der Waals surface area contributed by atoms with Crippen LogP contribution in [0.25, 0.3) is 16.8 Å². The van der Waals surface area contributed by atoms with Crippen molar-refractivity contribution in [3.63, 3.8) is 0 Å². The van der Waals surface area contributed by atoms with Crippen LogP contribution in [0.4, 0.5) is 0 Å². The van der Waals surface area contributed by atoms with E-state index >= 15 is 0 Å². The molecule has 2 fully saturated rings. The molecule has 2 saturated heterocycles. The predicted molar refractivity (Wildman–Crippen MR) is 132 cm³/mol. The number of esters is 1. The number of hydrogen-bond donors (Lipinski definition) is 2. The zero-order valence-electron chi connectivity index (χ0n) is 18.7. The summed E-state index contributed by atoms with van der Waals surface area (Å²) < 4.78 is 10.8. The van der Waals surface area contributed by atoms with Crippen molar-refractivity contribution in [1.82, 2.24) is 15.5 Å². The summed E-state index contributed by atoms with van der Waals surface area (Å²) >= 11 is 5.40. The van der Waals surface area contributed by atoms with Crippen LogP contribution in [0.2, 0.25) is 0 Å². The molecule has 2 aromatic rings. The molecule has 178 valence electrons. The maximum absolute atomic E-state index is 12.5. The second kappa shape index (κ2) is 11.2. The SMILES string of the molecule is O=C(/C=C/c1cccc2ccccc12)NC(=S)N1CCNC(=O)[C@@H]1CC(=O)OC[C@@H]1CCCO1. The number of benzene rings is 2. The van der Waals surface area contributed by atoms with Gasteiger partial charge in [-0.15, -0.1) is 0 Å². The molecule has 0 radical (unpaired) electrons. The minimum absolute atomic E-state index is 0.0888. The summed E-state index contributed by atoms with van der Waals surface area (Å²) in [7, 11) is 0. The van der Waals surface area contributed by atoms with Crippen molar-refractivity contribution in [1.29, 1.82) is 0 Å². The maximum atomic E-state index is 12.5. The first kappa shape index (κ1) is 23.8. The quantitative estimate of drug-likeness (QED) is 0.371. The van der Waals surface area contributed by atoms with Crippen LogP contribution in [-0.4, -0.2) is 66.2 Å². The third-order valence-electron chi connectivity index (χ3n) is 5.87. The molecule has 4 rings (SSSR count). The number of carbonyl (C=O) groups is 3. The lowest BCUT2D eigenvalue weighted by Crippen LogP contribution is -2.60. The van der Waals surface area contributed by atoms with Crippen LogP contribution in [0.5, 0.6) is 0 Å². The standard InChI is InChI=1S/C25H27N3O5S/c29-22(11-10-18-7-3-6-17-5-1-2-9-20(17)18)27-25(34)28-13-12-26-24(31)21(28)15-23(30)33-16-19-8-4-14-32-19/h1-3,5-7,9-11,19,21H,4,8,12-16H2,(H,26,31)(H,27,29,34)/b11-10+/t19-,21-/m0/s1. The molecule has 0 spiro atoms. The molecule has 0 bridgehead atoms. The third-order valence-corrected chi connectivity index (χ3v) is 6.21. The van der Waals surface area contributed by atoms with Crippen molar-refractivity contribution in [2.75, 3.05) is 26.3 Å². The Morgan fingerprint density at radius 2 is 2.06 bits per heavy atom. The number of ether oxygens (including phenoxy) is 2. The smallest absolute Gasteiger partial charge is 0.308 e. The summed E-state index contributed by atoms with van der Waals surface area (Å²) in [6, 6.07) is 12.9. The summed E-state index contributed by atoms with van der Waals surface area (Å²) in [5.41, 5.74) is 0.906. The first-order valence-electron chi connectivity index (χ1n) is 11.3. The van der Waals surface area contributed by atoms with Gasteiger partial charge in [-0.3, -0.25) is 19.7 Å². The Kier molecular flexibility index (Phi) is 7.87. The van der Waals surface area contributed by atoms with Gasteiger partial charge in [-0.25, -0.2) is 0 Å². The first-order valence-corrected chi connectivity index (χ1v) is 11.7. The number of nitrogens with one attached hydrogen (secondary N) is 2. The lowest BCUT2D eigenvalue weighted by atomic mass is 10.0. The highest BCUT2D eigenvalue weighted by molar-refractivity contribution is 7.80. The van der Waals surface area contributed by atoms with E-state index in [9.17, 15) is 14.4 Å². The first-order chi connectivity index (χ1) is 16.5. The zero-order chi connectivity index (χ0) is 23.9. The summed E-state index contributed by atoms with van der Waals surface area (Å²) in [4.78, 5) is 38.9. The largest absolute Gasteiger partial charge is 0.463 e. The van der Waals surface area contributed by atoms with Crippen LogP contribution in [0.1, 0.15) is 24.8 Å². The van der Waals surface area contributed by atoms with Gasteiger partial charge in [0, 0.05) is 25.8 Å². The predicted octanol–water partition coefficient (Wildman–Crippen LogP) is 2.17. The highest BCUT2D eigenvalue weighted by Crippen LogP contribution is 2.19. The average Bonchev–Trinajstić information content (AvgIpc) is 3.36. The molecule has 2 atom stereocenters. The van der Waals surface area contributed by atoms with E-state index in [1.54, 1.807) is 11.0 Å². The molecule has 2 aliphatic rings. The molecule has 0 saturated carbocycles. The van der Waals surface area contributed by atoms with Crippen molar-refractivity contribution in [2.24, 2.45) is 0 Å². The number of amides is 2. The van der Waals surface area contributed by atoms with Gasteiger partial charge in [0.15, 0.2) is 5.11 Å². The fraction of sp³-hybridized carbons (Fsp3) is 0.360.